The minimum atomic E-state index is -3.89. The SMILES string of the molecule is CNc1ncc(S(=O)(=O)Nc2cc(C)cc(F)c2)cc1Cl. The summed E-state index contributed by atoms with van der Waals surface area (Å²) in [7, 11) is -2.26. The highest BCUT2D eigenvalue weighted by Crippen LogP contribution is 2.24. The second-order valence-electron chi connectivity index (χ2n) is 4.37. The Labute approximate surface area is 127 Å². The molecule has 0 radical (unpaired) electrons. The number of rotatable bonds is 4. The van der Waals surface area contributed by atoms with Crippen molar-refractivity contribution in [3.63, 3.8) is 0 Å². The molecule has 0 spiro atoms. The fourth-order valence-electron chi connectivity index (χ4n) is 1.76. The van der Waals surface area contributed by atoms with Crippen LogP contribution in [-0.2, 0) is 10.0 Å². The monoisotopic (exact) mass is 329 g/mol. The molecule has 2 aromatic rings. The topological polar surface area (TPSA) is 71.1 Å². The number of benzene rings is 1. The van der Waals surface area contributed by atoms with Crippen molar-refractivity contribution in [2.24, 2.45) is 0 Å². The van der Waals surface area contributed by atoms with Crippen molar-refractivity contribution >= 4 is 33.1 Å². The lowest BCUT2D eigenvalue weighted by molar-refractivity contribution is 0.600. The minimum absolute atomic E-state index is 0.103. The van der Waals surface area contributed by atoms with E-state index in [2.05, 4.69) is 15.0 Å². The Balaban J connectivity index is 2.36. The van der Waals surface area contributed by atoms with Gasteiger partial charge >= 0.3 is 0 Å². The molecule has 1 aromatic heterocycles. The molecule has 1 heterocycles. The highest BCUT2D eigenvalue weighted by molar-refractivity contribution is 7.92. The van der Waals surface area contributed by atoms with Gasteiger partial charge in [-0.05, 0) is 36.8 Å². The lowest BCUT2D eigenvalue weighted by Crippen LogP contribution is -2.14. The molecule has 0 aliphatic carbocycles. The van der Waals surface area contributed by atoms with Crippen molar-refractivity contribution in [1.29, 1.82) is 0 Å². The van der Waals surface area contributed by atoms with Crippen LogP contribution in [0.1, 0.15) is 5.56 Å². The summed E-state index contributed by atoms with van der Waals surface area (Å²) in [6.45, 7) is 1.67. The number of aryl methyl sites for hydroxylation is 1. The van der Waals surface area contributed by atoms with Gasteiger partial charge in [0, 0.05) is 13.2 Å². The average molecular weight is 330 g/mol. The van der Waals surface area contributed by atoms with Crippen LogP contribution >= 0.6 is 11.6 Å². The quantitative estimate of drug-likeness (QED) is 0.904. The van der Waals surface area contributed by atoms with E-state index in [1.54, 1.807) is 14.0 Å². The van der Waals surface area contributed by atoms with Crippen molar-refractivity contribution in [2.75, 3.05) is 17.1 Å². The van der Waals surface area contributed by atoms with Crippen molar-refractivity contribution < 1.29 is 12.8 Å². The second-order valence-corrected chi connectivity index (χ2v) is 6.46. The van der Waals surface area contributed by atoms with Gasteiger partial charge in [-0.2, -0.15) is 0 Å². The molecule has 8 heteroatoms. The first-order chi connectivity index (χ1) is 9.81. The van der Waals surface area contributed by atoms with Gasteiger partial charge in [-0.15, -0.1) is 0 Å². The van der Waals surface area contributed by atoms with Gasteiger partial charge in [-0.3, -0.25) is 4.72 Å². The van der Waals surface area contributed by atoms with Crippen LogP contribution in [0.15, 0.2) is 35.4 Å². The Hall–Kier alpha value is -1.86. The summed E-state index contributed by atoms with van der Waals surface area (Å²) >= 11 is 5.91. The lowest BCUT2D eigenvalue weighted by Gasteiger charge is -2.10. The molecule has 2 rings (SSSR count). The number of anilines is 2. The maximum absolute atomic E-state index is 13.3. The van der Waals surface area contributed by atoms with Gasteiger partial charge < -0.3 is 5.32 Å². The van der Waals surface area contributed by atoms with Gasteiger partial charge in [0.25, 0.3) is 10.0 Å². The van der Waals surface area contributed by atoms with Crippen LogP contribution in [0, 0.1) is 12.7 Å². The summed E-state index contributed by atoms with van der Waals surface area (Å²) in [6, 6.07) is 5.20. The number of hydrogen-bond acceptors (Lipinski definition) is 4. The Bertz CT molecular complexity index is 761. The summed E-state index contributed by atoms with van der Waals surface area (Å²) in [5, 5.41) is 2.91. The number of sulfonamides is 1. The maximum atomic E-state index is 13.3. The predicted octanol–water partition coefficient (Wildman–Crippen LogP) is 3.03. The van der Waals surface area contributed by atoms with E-state index in [1.807, 2.05) is 0 Å². The maximum Gasteiger partial charge on any atom is 0.263 e. The Morgan fingerprint density at radius 3 is 2.52 bits per heavy atom. The highest BCUT2D eigenvalue weighted by Gasteiger charge is 2.17. The standard InChI is InChI=1S/C13H13ClFN3O2S/c1-8-3-9(15)5-10(4-8)18-21(19,20)11-6-12(14)13(16-2)17-7-11/h3-7,18H,1-2H3,(H,16,17). The Morgan fingerprint density at radius 1 is 1.24 bits per heavy atom. The molecule has 1 aromatic carbocycles. The zero-order valence-corrected chi connectivity index (χ0v) is 12.9. The largest absolute Gasteiger partial charge is 0.372 e. The van der Waals surface area contributed by atoms with Crippen molar-refractivity contribution in [1.82, 2.24) is 4.98 Å². The molecule has 0 aliphatic rings. The van der Waals surface area contributed by atoms with Crippen LogP contribution in [0.3, 0.4) is 0 Å². The third-order valence-corrected chi connectivity index (χ3v) is 4.29. The van der Waals surface area contributed by atoms with Gasteiger partial charge in [-0.1, -0.05) is 11.6 Å². The van der Waals surface area contributed by atoms with Crippen LogP contribution in [-0.4, -0.2) is 20.4 Å². The van der Waals surface area contributed by atoms with Crippen LogP contribution in [0.5, 0.6) is 0 Å². The smallest absolute Gasteiger partial charge is 0.263 e. The Kier molecular flexibility index (Phi) is 4.34. The fraction of sp³-hybridized carbons (Fsp3) is 0.154. The van der Waals surface area contributed by atoms with Crippen LogP contribution in [0.25, 0.3) is 0 Å². The summed E-state index contributed by atoms with van der Waals surface area (Å²) in [4.78, 5) is 3.80. The third-order valence-electron chi connectivity index (χ3n) is 2.66. The van der Waals surface area contributed by atoms with E-state index in [9.17, 15) is 12.8 Å². The average Bonchev–Trinajstić information content (AvgIpc) is 2.36. The normalized spacial score (nSPS) is 11.2. The summed E-state index contributed by atoms with van der Waals surface area (Å²) < 4.78 is 40.0. The number of pyridine rings is 1. The van der Waals surface area contributed by atoms with Gasteiger partial charge in [-0.25, -0.2) is 17.8 Å². The molecule has 2 N–H and O–H groups in total. The van der Waals surface area contributed by atoms with E-state index < -0.39 is 15.8 Å². The van der Waals surface area contributed by atoms with Crippen LogP contribution < -0.4 is 10.0 Å². The first-order valence-corrected chi connectivity index (χ1v) is 7.81. The van der Waals surface area contributed by atoms with E-state index in [0.717, 1.165) is 6.07 Å². The fourth-order valence-corrected chi connectivity index (χ4v) is 3.10. The second kappa shape index (κ2) is 5.87. The number of nitrogens with zero attached hydrogens (tertiary/aromatic N) is 1. The molecule has 0 fully saturated rings. The molecule has 0 aliphatic heterocycles. The van der Waals surface area contributed by atoms with Crippen LogP contribution in [0.4, 0.5) is 15.9 Å². The number of aromatic nitrogens is 1. The first kappa shape index (κ1) is 15.5. The first-order valence-electron chi connectivity index (χ1n) is 5.95. The van der Waals surface area contributed by atoms with E-state index in [0.29, 0.717) is 11.4 Å². The number of halogens is 2. The van der Waals surface area contributed by atoms with E-state index in [-0.39, 0.29) is 15.6 Å². The van der Waals surface area contributed by atoms with Crippen LogP contribution in [0.2, 0.25) is 5.02 Å². The van der Waals surface area contributed by atoms with Gasteiger partial charge in [0.1, 0.15) is 16.5 Å². The molecule has 5 nitrogen and oxygen atoms in total. The molecule has 0 saturated heterocycles. The zero-order valence-electron chi connectivity index (χ0n) is 11.3. The summed E-state index contributed by atoms with van der Waals surface area (Å²) in [6.07, 6.45) is 1.17. The molecule has 112 valence electrons. The van der Waals surface area contributed by atoms with Gasteiger partial charge in [0.05, 0.1) is 10.7 Å². The summed E-state index contributed by atoms with van der Waals surface area (Å²) in [5.41, 5.74) is 0.746. The number of nitrogens with one attached hydrogen (secondary N) is 2. The van der Waals surface area contributed by atoms with Gasteiger partial charge in [0.15, 0.2) is 0 Å². The van der Waals surface area contributed by atoms with Crippen molar-refractivity contribution in [3.8, 4) is 0 Å². The number of hydrogen-bond donors (Lipinski definition) is 2. The molecule has 0 amide bonds. The predicted molar refractivity (Wildman–Crippen MR) is 80.7 cm³/mol. The Morgan fingerprint density at radius 2 is 1.95 bits per heavy atom. The van der Waals surface area contributed by atoms with Crippen molar-refractivity contribution in [3.05, 3.63) is 46.9 Å². The molecule has 0 atom stereocenters. The third kappa shape index (κ3) is 3.62. The van der Waals surface area contributed by atoms with E-state index in [1.165, 1.54) is 24.4 Å². The zero-order chi connectivity index (χ0) is 15.6. The lowest BCUT2D eigenvalue weighted by atomic mass is 10.2. The van der Waals surface area contributed by atoms with Crippen molar-refractivity contribution in [2.45, 2.75) is 11.8 Å². The van der Waals surface area contributed by atoms with E-state index in [4.69, 9.17) is 11.6 Å². The highest BCUT2D eigenvalue weighted by atomic mass is 35.5. The molecule has 0 bridgehead atoms. The molecular formula is C13H13ClFN3O2S. The molecule has 0 saturated carbocycles. The van der Waals surface area contributed by atoms with Gasteiger partial charge in [0.2, 0.25) is 0 Å². The molecular weight excluding hydrogens is 317 g/mol. The molecule has 21 heavy (non-hydrogen) atoms. The molecule has 0 unspecified atom stereocenters. The van der Waals surface area contributed by atoms with E-state index >= 15 is 0 Å². The summed E-state index contributed by atoms with van der Waals surface area (Å²) in [5.74, 6) is -0.147. The minimum Gasteiger partial charge on any atom is -0.372 e.